The van der Waals surface area contributed by atoms with Crippen molar-refractivity contribution in [1.29, 1.82) is 0 Å². The molecular weight excluding hydrogens is 318 g/mol. The third-order valence-electron chi connectivity index (χ3n) is 2.80. The molecule has 1 heterocycles. The van der Waals surface area contributed by atoms with Gasteiger partial charge in [-0.05, 0) is 31.5 Å². The lowest BCUT2D eigenvalue weighted by Gasteiger charge is -2.10. The second-order valence-corrected chi connectivity index (χ2v) is 5.25. The highest BCUT2D eigenvalue weighted by Crippen LogP contribution is 2.15. The van der Waals surface area contributed by atoms with E-state index in [1.807, 2.05) is 0 Å². The number of hydrogen-bond acceptors (Lipinski definition) is 5. The van der Waals surface area contributed by atoms with Crippen molar-refractivity contribution >= 4 is 35.1 Å². The summed E-state index contributed by atoms with van der Waals surface area (Å²) in [6.45, 7) is 2.49. The first-order valence-corrected chi connectivity index (χ1v) is 7.48. The topological polar surface area (TPSA) is 99.2 Å². The second kappa shape index (κ2) is 8.30. The van der Waals surface area contributed by atoms with E-state index in [9.17, 15) is 4.79 Å². The summed E-state index contributed by atoms with van der Waals surface area (Å²) in [4.78, 5) is 20.3. The largest absolute Gasteiger partial charge is 0.396 e. The summed E-state index contributed by atoms with van der Waals surface area (Å²) in [5, 5.41) is 17.6. The molecule has 0 bridgehead atoms. The molecule has 0 aliphatic heterocycles. The highest BCUT2D eigenvalue weighted by Gasteiger charge is 2.07. The van der Waals surface area contributed by atoms with Crippen molar-refractivity contribution in [3.8, 4) is 0 Å². The maximum absolute atomic E-state index is 12.0. The van der Waals surface area contributed by atoms with Crippen LogP contribution in [0.3, 0.4) is 0 Å². The Kier molecular flexibility index (Phi) is 6.13. The summed E-state index contributed by atoms with van der Waals surface area (Å²) >= 11 is 5.87. The number of rotatable bonds is 6. The molecule has 2 aromatic rings. The molecule has 23 heavy (non-hydrogen) atoms. The van der Waals surface area contributed by atoms with Gasteiger partial charge in [0.2, 0.25) is 5.95 Å². The first-order chi connectivity index (χ1) is 11.1. The Morgan fingerprint density at radius 3 is 2.83 bits per heavy atom. The van der Waals surface area contributed by atoms with Gasteiger partial charge < -0.3 is 15.7 Å². The Bertz CT molecular complexity index is 681. The maximum Gasteiger partial charge on any atom is 0.326 e. The molecule has 0 saturated carbocycles. The van der Waals surface area contributed by atoms with Crippen molar-refractivity contribution in [2.45, 2.75) is 13.3 Å². The van der Waals surface area contributed by atoms with Gasteiger partial charge in [-0.15, -0.1) is 0 Å². The SMILES string of the molecule is Cc1cc(NCCCO)nc(NC(=O)Nc2cccc(Cl)c2)n1. The zero-order valence-corrected chi connectivity index (χ0v) is 13.4. The van der Waals surface area contributed by atoms with Gasteiger partial charge in [0.25, 0.3) is 0 Å². The van der Waals surface area contributed by atoms with Crippen LogP contribution in [0.4, 0.5) is 22.2 Å². The predicted molar refractivity (Wildman–Crippen MR) is 91.1 cm³/mol. The normalized spacial score (nSPS) is 10.2. The molecule has 0 saturated heterocycles. The van der Waals surface area contributed by atoms with Gasteiger partial charge in [-0.3, -0.25) is 5.32 Å². The van der Waals surface area contributed by atoms with Crippen LogP contribution in [0.25, 0.3) is 0 Å². The molecule has 1 aromatic heterocycles. The number of aliphatic hydroxyl groups excluding tert-OH is 1. The number of nitrogens with zero attached hydrogens (tertiary/aromatic N) is 2. The summed E-state index contributed by atoms with van der Waals surface area (Å²) in [6.07, 6.45) is 0.612. The summed E-state index contributed by atoms with van der Waals surface area (Å²) in [5.74, 6) is 0.778. The highest BCUT2D eigenvalue weighted by molar-refractivity contribution is 6.30. The third-order valence-corrected chi connectivity index (χ3v) is 3.04. The fraction of sp³-hybridized carbons (Fsp3) is 0.267. The molecule has 0 unspecified atom stereocenters. The van der Waals surface area contributed by atoms with E-state index < -0.39 is 6.03 Å². The smallest absolute Gasteiger partial charge is 0.326 e. The lowest BCUT2D eigenvalue weighted by molar-refractivity contribution is 0.262. The standard InChI is InChI=1S/C15H18ClN5O2/c1-10-8-13(17-6-3-7-22)20-14(18-10)21-15(23)19-12-5-2-4-11(16)9-12/h2,4-5,8-9,22H,3,6-7H2,1H3,(H3,17,18,19,20,21,23). The molecule has 0 radical (unpaired) electrons. The van der Waals surface area contributed by atoms with E-state index in [0.29, 0.717) is 35.2 Å². The molecule has 8 heteroatoms. The number of carbonyl (C=O) groups is 1. The fourth-order valence-corrected chi connectivity index (χ4v) is 2.03. The average molecular weight is 336 g/mol. The molecule has 7 nitrogen and oxygen atoms in total. The van der Waals surface area contributed by atoms with Crippen LogP contribution in [-0.4, -0.2) is 34.3 Å². The summed E-state index contributed by atoms with van der Waals surface area (Å²) < 4.78 is 0. The molecule has 0 aliphatic rings. The molecule has 0 atom stereocenters. The first kappa shape index (κ1) is 17.0. The number of halogens is 1. The molecular formula is C15H18ClN5O2. The molecule has 0 spiro atoms. The van der Waals surface area contributed by atoms with Gasteiger partial charge in [0.15, 0.2) is 0 Å². The number of carbonyl (C=O) groups excluding carboxylic acids is 1. The fourth-order valence-electron chi connectivity index (χ4n) is 1.84. The number of benzene rings is 1. The van der Waals surface area contributed by atoms with Crippen LogP contribution in [0.2, 0.25) is 5.02 Å². The van der Waals surface area contributed by atoms with Crippen LogP contribution < -0.4 is 16.0 Å². The Morgan fingerprint density at radius 2 is 2.09 bits per heavy atom. The van der Waals surface area contributed by atoms with Gasteiger partial charge >= 0.3 is 6.03 Å². The Labute approximate surface area is 139 Å². The van der Waals surface area contributed by atoms with Gasteiger partial charge in [-0.1, -0.05) is 17.7 Å². The minimum atomic E-state index is -0.459. The molecule has 0 aliphatic carbocycles. The molecule has 122 valence electrons. The minimum absolute atomic E-state index is 0.101. The van der Waals surface area contributed by atoms with Crippen molar-refractivity contribution in [2.24, 2.45) is 0 Å². The third kappa shape index (κ3) is 5.72. The number of aryl methyl sites for hydroxylation is 1. The van der Waals surface area contributed by atoms with E-state index in [1.54, 1.807) is 37.3 Å². The van der Waals surface area contributed by atoms with Gasteiger partial charge in [0, 0.05) is 35.6 Å². The first-order valence-electron chi connectivity index (χ1n) is 7.11. The Hall–Kier alpha value is -2.38. The quantitative estimate of drug-likeness (QED) is 0.608. The van der Waals surface area contributed by atoms with E-state index in [2.05, 4.69) is 25.9 Å². The number of amides is 2. The van der Waals surface area contributed by atoms with Crippen LogP contribution in [0.15, 0.2) is 30.3 Å². The van der Waals surface area contributed by atoms with Crippen LogP contribution in [0, 0.1) is 6.92 Å². The van der Waals surface area contributed by atoms with Crippen molar-refractivity contribution < 1.29 is 9.90 Å². The Morgan fingerprint density at radius 1 is 1.26 bits per heavy atom. The van der Waals surface area contributed by atoms with Crippen LogP contribution in [0.1, 0.15) is 12.1 Å². The monoisotopic (exact) mass is 335 g/mol. The van der Waals surface area contributed by atoms with Gasteiger partial charge in [0.05, 0.1) is 0 Å². The molecule has 0 fully saturated rings. The molecule has 4 N–H and O–H groups in total. The van der Waals surface area contributed by atoms with Crippen molar-refractivity contribution in [1.82, 2.24) is 9.97 Å². The number of hydrogen-bond donors (Lipinski definition) is 4. The number of anilines is 3. The maximum atomic E-state index is 12.0. The second-order valence-electron chi connectivity index (χ2n) is 4.81. The van der Waals surface area contributed by atoms with Crippen molar-refractivity contribution in [2.75, 3.05) is 29.1 Å². The van der Waals surface area contributed by atoms with E-state index in [-0.39, 0.29) is 12.6 Å². The van der Waals surface area contributed by atoms with E-state index in [0.717, 1.165) is 0 Å². The van der Waals surface area contributed by atoms with E-state index in [1.165, 1.54) is 0 Å². The lowest BCUT2D eigenvalue weighted by Crippen LogP contribution is -2.21. The van der Waals surface area contributed by atoms with Gasteiger partial charge in [-0.2, -0.15) is 4.98 Å². The van der Waals surface area contributed by atoms with Crippen molar-refractivity contribution in [3.05, 3.63) is 41.0 Å². The summed E-state index contributed by atoms with van der Waals surface area (Å²) in [7, 11) is 0. The molecule has 2 rings (SSSR count). The Balaban J connectivity index is 1.99. The predicted octanol–water partition coefficient (Wildman–Crippen LogP) is 2.88. The number of urea groups is 1. The van der Waals surface area contributed by atoms with Crippen LogP contribution in [0.5, 0.6) is 0 Å². The average Bonchev–Trinajstić information content (AvgIpc) is 2.46. The zero-order chi connectivity index (χ0) is 16.7. The molecule has 1 aromatic carbocycles. The van der Waals surface area contributed by atoms with Gasteiger partial charge in [0.1, 0.15) is 5.82 Å². The van der Waals surface area contributed by atoms with Crippen molar-refractivity contribution in [3.63, 3.8) is 0 Å². The summed E-state index contributed by atoms with van der Waals surface area (Å²) in [5.41, 5.74) is 1.29. The van der Waals surface area contributed by atoms with Crippen LogP contribution in [-0.2, 0) is 0 Å². The minimum Gasteiger partial charge on any atom is -0.396 e. The van der Waals surface area contributed by atoms with E-state index in [4.69, 9.17) is 16.7 Å². The van der Waals surface area contributed by atoms with Crippen LogP contribution >= 0.6 is 11.6 Å². The zero-order valence-electron chi connectivity index (χ0n) is 12.6. The number of aliphatic hydroxyl groups is 1. The lowest BCUT2D eigenvalue weighted by atomic mass is 10.3. The molecule has 2 amide bonds. The number of nitrogens with one attached hydrogen (secondary N) is 3. The summed E-state index contributed by atoms with van der Waals surface area (Å²) in [6, 6.07) is 8.13. The van der Waals surface area contributed by atoms with E-state index >= 15 is 0 Å². The highest BCUT2D eigenvalue weighted by atomic mass is 35.5. The number of aromatic nitrogens is 2. The van der Waals surface area contributed by atoms with Gasteiger partial charge in [-0.25, -0.2) is 9.78 Å².